The number of nitrogens with zero attached hydrogens (tertiary/aromatic N) is 2. The lowest BCUT2D eigenvalue weighted by Gasteiger charge is -2.29. The van der Waals surface area contributed by atoms with Crippen LogP contribution in [0.15, 0.2) is 48.5 Å². The van der Waals surface area contributed by atoms with Crippen LogP contribution in [0.25, 0.3) is 0 Å². The van der Waals surface area contributed by atoms with Crippen LogP contribution in [0.1, 0.15) is 37.8 Å². The zero-order valence-electron chi connectivity index (χ0n) is 19.5. The predicted octanol–water partition coefficient (Wildman–Crippen LogP) is 3.75. The predicted molar refractivity (Wildman–Crippen MR) is 133 cm³/mol. The second-order valence-electron chi connectivity index (χ2n) is 7.90. The Morgan fingerprint density at radius 3 is 2.36 bits per heavy atom. The molecule has 2 amide bonds. The van der Waals surface area contributed by atoms with E-state index in [0.717, 1.165) is 11.8 Å². The summed E-state index contributed by atoms with van der Waals surface area (Å²) in [5, 5.41) is 3.23. The van der Waals surface area contributed by atoms with Gasteiger partial charge in [-0.15, -0.1) is 0 Å². The lowest BCUT2D eigenvalue weighted by Crippen LogP contribution is -2.47. The molecule has 0 saturated heterocycles. The summed E-state index contributed by atoms with van der Waals surface area (Å²) in [5.41, 5.74) is 2.06. The molecule has 9 heteroatoms. The van der Waals surface area contributed by atoms with Crippen LogP contribution in [0.5, 0.6) is 0 Å². The van der Waals surface area contributed by atoms with Crippen LogP contribution in [0.2, 0.25) is 5.02 Å². The third-order valence-corrected chi connectivity index (χ3v) is 6.96. The summed E-state index contributed by atoms with van der Waals surface area (Å²) in [6.45, 7) is 6.17. The first kappa shape index (κ1) is 26.7. The minimum absolute atomic E-state index is 0.0994. The third kappa shape index (κ3) is 7.47. The first-order chi connectivity index (χ1) is 15.6. The zero-order valence-corrected chi connectivity index (χ0v) is 21.1. The van der Waals surface area contributed by atoms with E-state index in [1.165, 1.54) is 9.21 Å². The van der Waals surface area contributed by atoms with Crippen LogP contribution in [0.4, 0.5) is 5.69 Å². The molecule has 0 aliphatic heterocycles. The number of nitrogens with one attached hydrogen (secondary N) is 1. The summed E-state index contributed by atoms with van der Waals surface area (Å²) in [7, 11) is -3.58. The number of likely N-dealkylation sites (N-methyl/N-ethyl adjacent to an activating group) is 1. The van der Waals surface area contributed by atoms with Gasteiger partial charge in [-0.2, -0.15) is 0 Å². The Kier molecular flexibility index (Phi) is 9.73. The fraction of sp³-hybridized carbons (Fsp3) is 0.417. The normalized spacial score (nSPS) is 12.2. The van der Waals surface area contributed by atoms with Crippen LogP contribution >= 0.6 is 11.6 Å². The van der Waals surface area contributed by atoms with E-state index in [0.29, 0.717) is 35.8 Å². The van der Waals surface area contributed by atoms with E-state index < -0.39 is 16.1 Å². The van der Waals surface area contributed by atoms with Crippen molar-refractivity contribution in [3.8, 4) is 0 Å². The molecule has 1 atom stereocenters. The molecular weight excluding hydrogens is 462 g/mol. The van der Waals surface area contributed by atoms with Crippen LogP contribution in [0.3, 0.4) is 0 Å². The maximum absolute atomic E-state index is 13.1. The largest absolute Gasteiger partial charge is 0.355 e. The van der Waals surface area contributed by atoms with Crippen molar-refractivity contribution in [2.24, 2.45) is 0 Å². The van der Waals surface area contributed by atoms with Crippen LogP contribution in [-0.2, 0) is 26.2 Å². The van der Waals surface area contributed by atoms with Gasteiger partial charge in [-0.1, -0.05) is 48.0 Å². The van der Waals surface area contributed by atoms with Crippen molar-refractivity contribution in [3.05, 3.63) is 64.7 Å². The number of rotatable bonds is 11. The van der Waals surface area contributed by atoms with Crippen molar-refractivity contribution in [2.75, 3.05) is 23.7 Å². The van der Waals surface area contributed by atoms with Crippen LogP contribution in [-0.4, -0.2) is 50.5 Å². The molecule has 0 heterocycles. The van der Waals surface area contributed by atoms with Gasteiger partial charge in [0.2, 0.25) is 21.8 Å². The van der Waals surface area contributed by atoms with Gasteiger partial charge in [-0.05, 0) is 50.5 Å². The topological polar surface area (TPSA) is 86.8 Å². The fourth-order valence-electron chi connectivity index (χ4n) is 3.53. The lowest BCUT2D eigenvalue weighted by molar-refractivity contribution is -0.140. The van der Waals surface area contributed by atoms with Crippen molar-refractivity contribution < 1.29 is 18.0 Å². The lowest BCUT2D eigenvalue weighted by atomic mass is 10.1. The van der Waals surface area contributed by atoms with E-state index in [1.54, 1.807) is 32.0 Å². The highest BCUT2D eigenvalue weighted by molar-refractivity contribution is 7.92. The quantitative estimate of drug-likeness (QED) is 0.516. The summed E-state index contributed by atoms with van der Waals surface area (Å²) >= 11 is 6.18. The minimum Gasteiger partial charge on any atom is -0.355 e. The molecule has 0 fully saturated rings. The van der Waals surface area contributed by atoms with Crippen LogP contribution in [0, 0.1) is 6.92 Å². The zero-order chi connectivity index (χ0) is 24.6. The average molecular weight is 494 g/mol. The summed E-state index contributed by atoms with van der Waals surface area (Å²) in [5.74, 6) is -0.442. The van der Waals surface area contributed by atoms with Gasteiger partial charge in [0.25, 0.3) is 0 Å². The van der Waals surface area contributed by atoms with E-state index in [2.05, 4.69) is 5.32 Å². The Labute approximate surface area is 201 Å². The van der Waals surface area contributed by atoms with Crippen molar-refractivity contribution in [1.29, 1.82) is 0 Å². The summed E-state index contributed by atoms with van der Waals surface area (Å²) in [4.78, 5) is 27.1. The van der Waals surface area contributed by atoms with E-state index in [1.807, 2.05) is 37.3 Å². The average Bonchev–Trinajstić information content (AvgIpc) is 2.77. The SMILES string of the molecule is CCNC(=O)[C@H](C)N(Cc1ccccc1)C(=O)CCCN(c1cccc(Cl)c1C)S(C)(=O)=O. The van der Waals surface area contributed by atoms with Gasteiger partial charge in [0.05, 0.1) is 11.9 Å². The molecule has 0 spiro atoms. The number of carbonyl (C=O) groups is 2. The number of hydrogen-bond acceptors (Lipinski definition) is 4. The molecule has 33 heavy (non-hydrogen) atoms. The smallest absolute Gasteiger partial charge is 0.242 e. The van der Waals surface area contributed by atoms with E-state index >= 15 is 0 Å². The minimum atomic E-state index is -3.58. The van der Waals surface area contributed by atoms with Crippen molar-refractivity contribution in [2.45, 2.75) is 46.2 Å². The molecule has 0 aliphatic carbocycles. The Hall–Kier alpha value is -2.58. The second-order valence-corrected chi connectivity index (χ2v) is 10.2. The van der Waals surface area contributed by atoms with Gasteiger partial charge in [-0.3, -0.25) is 13.9 Å². The van der Waals surface area contributed by atoms with Gasteiger partial charge in [0.15, 0.2) is 0 Å². The van der Waals surface area contributed by atoms with E-state index in [4.69, 9.17) is 11.6 Å². The Morgan fingerprint density at radius 1 is 1.09 bits per heavy atom. The Bertz CT molecular complexity index is 1060. The molecule has 0 unspecified atom stereocenters. The summed E-state index contributed by atoms with van der Waals surface area (Å²) in [6, 6.07) is 13.9. The monoisotopic (exact) mass is 493 g/mol. The number of benzene rings is 2. The van der Waals surface area contributed by atoms with Gasteiger partial charge < -0.3 is 10.2 Å². The standard InChI is InChI=1S/C24H32ClN3O4S/c1-5-26-24(30)19(3)27(17-20-11-7-6-8-12-20)23(29)15-10-16-28(33(4,31)32)22-14-9-13-21(25)18(22)2/h6-9,11-14,19H,5,10,15-17H2,1-4H3,(H,26,30)/t19-/m0/s1. The highest BCUT2D eigenvalue weighted by Crippen LogP contribution is 2.28. The van der Waals surface area contributed by atoms with Gasteiger partial charge in [-0.25, -0.2) is 8.42 Å². The number of anilines is 1. The van der Waals surface area contributed by atoms with E-state index in [9.17, 15) is 18.0 Å². The van der Waals surface area contributed by atoms with Crippen molar-refractivity contribution in [3.63, 3.8) is 0 Å². The van der Waals surface area contributed by atoms with Crippen molar-refractivity contribution >= 4 is 39.1 Å². The summed E-state index contributed by atoms with van der Waals surface area (Å²) in [6.07, 6.45) is 1.53. The molecule has 180 valence electrons. The number of hydrogen-bond donors (Lipinski definition) is 1. The Balaban J connectivity index is 2.17. The highest BCUT2D eigenvalue weighted by Gasteiger charge is 2.26. The molecule has 2 aromatic rings. The van der Waals surface area contributed by atoms with Gasteiger partial charge in [0.1, 0.15) is 6.04 Å². The van der Waals surface area contributed by atoms with Gasteiger partial charge in [0, 0.05) is 31.1 Å². The Morgan fingerprint density at radius 2 is 1.76 bits per heavy atom. The first-order valence-electron chi connectivity index (χ1n) is 10.9. The van der Waals surface area contributed by atoms with Gasteiger partial charge >= 0.3 is 0 Å². The maximum Gasteiger partial charge on any atom is 0.242 e. The molecule has 0 radical (unpaired) electrons. The number of halogens is 1. The highest BCUT2D eigenvalue weighted by atomic mass is 35.5. The molecule has 2 rings (SSSR count). The molecule has 1 N–H and O–H groups in total. The molecular formula is C24H32ClN3O4S. The van der Waals surface area contributed by atoms with Crippen LogP contribution < -0.4 is 9.62 Å². The van der Waals surface area contributed by atoms with Crippen molar-refractivity contribution in [1.82, 2.24) is 10.2 Å². The molecule has 0 aromatic heterocycles. The second kappa shape index (κ2) is 12.0. The fourth-order valence-corrected chi connectivity index (χ4v) is 4.72. The number of sulfonamides is 1. The molecule has 2 aromatic carbocycles. The molecule has 0 saturated carbocycles. The first-order valence-corrected chi connectivity index (χ1v) is 13.1. The number of amides is 2. The maximum atomic E-state index is 13.1. The molecule has 0 aliphatic rings. The molecule has 7 nitrogen and oxygen atoms in total. The third-order valence-electron chi connectivity index (χ3n) is 5.37. The molecule has 0 bridgehead atoms. The number of carbonyl (C=O) groups excluding carboxylic acids is 2. The van der Waals surface area contributed by atoms with E-state index in [-0.39, 0.29) is 24.8 Å². The summed E-state index contributed by atoms with van der Waals surface area (Å²) < 4.78 is 26.2.